The quantitative estimate of drug-likeness (QED) is 0.179. The largest absolute Gasteiger partial charge is 0.493 e. The molecule has 47 heavy (non-hydrogen) atoms. The molecule has 0 fully saturated rings. The molecule has 10 heteroatoms. The van der Waals surface area contributed by atoms with E-state index in [1.54, 1.807) is 32.2 Å². The number of aryl methyl sites for hydroxylation is 2. The van der Waals surface area contributed by atoms with Gasteiger partial charge in [-0.2, -0.15) is 9.78 Å². The second-order valence-corrected chi connectivity index (χ2v) is 11.5. The van der Waals surface area contributed by atoms with E-state index in [0.717, 1.165) is 53.1 Å². The van der Waals surface area contributed by atoms with Crippen LogP contribution in [0, 0.1) is 6.92 Å². The standard InChI is InChI=1S/C37H37N7O3/c1-6-7-12-24-16-18-26(19-17-24)39-35-37-41-36-32(23(2)42-44(36)31-15-10-11-20-38-31)33(43(37)28-14-9-8-13-27(28)40-35)25-21-29(45-3)34(47-5)30(22-25)46-4/h8-11,13-22,33H,6-7,12H2,1-5H3,(H,39,40). The number of unbranched alkanes of at least 4 members (excludes halogenated alkanes) is 1. The van der Waals surface area contributed by atoms with Crippen LogP contribution in [0.3, 0.4) is 0 Å². The molecule has 0 saturated heterocycles. The third-order valence-electron chi connectivity index (χ3n) is 8.54. The van der Waals surface area contributed by atoms with Gasteiger partial charge in [0.25, 0.3) is 0 Å². The maximum atomic E-state index is 5.82. The van der Waals surface area contributed by atoms with E-state index in [4.69, 9.17) is 29.3 Å². The van der Waals surface area contributed by atoms with Gasteiger partial charge < -0.3 is 24.4 Å². The van der Waals surface area contributed by atoms with Crippen LogP contribution in [-0.2, 0) is 6.42 Å². The number of aliphatic imine (C=N–C) groups is 2. The van der Waals surface area contributed by atoms with Crippen LogP contribution in [0.15, 0.2) is 95.0 Å². The lowest BCUT2D eigenvalue weighted by atomic mass is 9.92. The first-order valence-corrected chi connectivity index (χ1v) is 15.8. The first kappa shape index (κ1) is 30.0. The number of hydrogen-bond donors (Lipinski definition) is 1. The number of hydrogen-bond acceptors (Lipinski definition) is 9. The van der Waals surface area contributed by atoms with Crippen molar-refractivity contribution in [2.24, 2.45) is 9.98 Å². The Morgan fingerprint density at radius 1 is 0.851 bits per heavy atom. The molecular formula is C37H37N7O3. The Hall–Kier alpha value is -5.64. The molecule has 3 aromatic carbocycles. The van der Waals surface area contributed by atoms with Gasteiger partial charge in [0, 0.05) is 17.4 Å². The fourth-order valence-electron chi connectivity index (χ4n) is 6.28. The average molecular weight is 628 g/mol. The van der Waals surface area contributed by atoms with E-state index in [-0.39, 0.29) is 6.04 Å². The summed E-state index contributed by atoms with van der Waals surface area (Å²) in [6.45, 7) is 4.22. The van der Waals surface area contributed by atoms with Gasteiger partial charge in [0.05, 0.1) is 44.4 Å². The van der Waals surface area contributed by atoms with Crippen LogP contribution in [0.2, 0.25) is 0 Å². The number of aromatic nitrogens is 3. The van der Waals surface area contributed by atoms with E-state index in [0.29, 0.717) is 40.6 Å². The van der Waals surface area contributed by atoms with Crippen molar-refractivity contribution in [1.82, 2.24) is 14.8 Å². The van der Waals surface area contributed by atoms with Crippen LogP contribution in [-0.4, -0.2) is 47.8 Å². The monoisotopic (exact) mass is 627 g/mol. The minimum absolute atomic E-state index is 0.381. The van der Waals surface area contributed by atoms with E-state index >= 15 is 0 Å². The molecule has 5 aromatic rings. The van der Waals surface area contributed by atoms with E-state index in [1.165, 1.54) is 5.56 Å². The number of rotatable bonds is 9. The van der Waals surface area contributed by atoms with Gasteiger partial charge in [0.15, 0.2) is 34.8 Å². The highest BCUT2D eigenvalue weighted by Crippen LogP contribution is 2.50. The zero-order chi connectivity index (χ0) is 32.5. The van der Waals surface area contributed by atoms with Crippen LogP contribution in [0.1, 0.15) is 48.2 Å². The Bertz CT molecular complexity index is 1960. The summed E-state index contributed by atoms with van der Waals surface area (Å²) in [5.74, 6) is 4.26. The highest BCUT2D eigenvalue weighted by Gasteiger charge is 2.42. The summed E-state index contributed by atoms with van der Waals surface area (Å²) in [5.41, 5.74) is 6.65. The van der Waals surface area contributed by atoms with Crippen molar-refractivity contribution in [2.75, 3.05) is 31.5 Å². The molecule has 2 aliphatic heterocycles. The van der Waals surface area contributed by atoms with Crippen molar-refractivity contribution >= 4 is 34.6 Å². The highest BCUT2D eigenvalue weighted by atomic mass is 16.5. The highest BCUT2D eigenvalue weighted by molar-refractivity contribution is 6.51. The number of methoxy groups -OCH3 is 3. The molecule has 1 unspecified atom stereocenters. The molecule has 7 rings (SSSR count). The van der Waals surface area contributed by atoms with Gasteiger partial charge in [-0.05, 0) is 79.4 Å². The summed E-state index contributed by atoms with van der Waals surface area (Å²) in [6, 6.07) is 26.0. The normalized spacial score (nSPS) is 14.7. The fourth-order valence-corrected chi connectivity index (χ4v) is 6.28. The summed E-state index contributed by atoms with van der Waals surface area (Å²) in [4.78, 5) is 17.3. The van der Waals surface area contributed by atoms with Gasteiger partial charge in [0.1, 0.15) is 0 Å². The Morgan fingerprint density at radius 3 is 2.28 bits per heavy atom. The van der Waals surface area contributed by atoms with Gasteiger partial charge in [-0.3, -0.25) is 0 Å². The average Bonchev–Trinajstić information content (AvgIpc) is 3.45. The number of benzene rings is 3. The molecule has 2 aromatic heterocycles. The Balaban J connectivity index is 1.45. The fraction of sp³-hybridized carbons (Fsp3) is 0.243. The molecule has 0 spiro atoms. The topological polar surface area (TPSA) is 98.4 Å². The van der Waals surface area contributed by atoms with E-state index < -0.39 is 0 Å². The van der Waals surface area contributed by atoms with Crippen molar-refractivity contribution in [3.05, 3.63) is 107 Å². The molecule has 0 bridgehead atoms. The lowest BCUT2D eigenvalue weighted by Gasteiger charge is -2.40. The third-order valence-corrected chi connectivity index (χ3v) is 8.54. The first-order chi connectivity index (χ1) is 23.0. The van der Waals surface area contributed by atoms with Gasteiger partial charge in [-0.25, -0.2) is 15.0 Å². The van der Waals surface area contributed by atoms with Crippen LogP contribution < -0.4 is 24.4 Å². The lowest BCUT2D eigenvalue weighted by molar-refractivity contribution is 0.323. The summed E-state index contributed by atoms with van der Waals surface area (Å²) >= 11 is 0. The van der Waals surface area contributed by atoms with Crippen molar-refractivity contribution in [3.63, 3.8) is 0 Å². The number of anilines is 2. The number of amidine groups is 2. The number of pyridine rings is 1. The molecule has 1 atom stereocenters. The van der Waals surface area contributed by atoms with Crippen molar-refractivity contribution in [2.45, 2.75) is 39.2 Å². The van der Waals surface area contributed by atoms with Crippen molar-refractivity contribution in [3.8, 4) is 23.1 Å². The maximum absolute atomic E-state index is 5.82. The number of nitrogens with one attached hydrogen (secondary N) is 1. The van der Waals surface area contributed by atoms with Gasteiger partial charge in [-0.1, -0.05) is 43.7 Å². The van der Waals surface area contributed by atoms with Gasteiger partial charge >= 0.3 is 0 Å². The second kappa shape index (κ2) is 12.6. The lowest BCUT2D eigenvalue weighted by Crippen LogP contribution is -2.46. The molecule has 0 radical (unpaired) electrons. The Kier molecular flexibility index (Phi) is 8.07. The molecular weight excluding hydrogens is 590 g/mol. The predicted molar refractivity (Wildman–Crippen MR) is 186 cm³/mol. The van der Waals surface area contributed by atoms with Crippen LogP contribution in [0.5, 0.6) is 17.2 Å². The minimum Gasteiger partial charge on any atom is -0.493 e. The molecule has 0 aliphatic carbocycles. The number of para-hydroxylation sites is 2. The smallest absolute Gasteiger partial charge is 0.203 e. The zero-order valence-corrected chi connectivity index (χ0v) is 27.2. The van der Waals surface area contributed by atoms with Crippen LogP contribution >= 0.6 is 0 Å². The molecule has 1 N–H and O–H groups in total. The maximum Gasteiger partial charge on any atom is 0.203 e. The summed E-state index contributed by atoms with van der Waals surface area (Å²) in [6.07, 6.45) is 5.14. The third kappa shape index (κ3) is 5.35. The molecule has 10 nitrogen and oxygen atoms in total. The summed E-state index contributed by atoms with van der Waals surface area (Å²) in [5, 5.41) is 8.59. The zero-order valence-electron chi connectivity index (χ0n) is 27.2. The van der Waals surface area contributed by atoms with E-state index in [1.807, 2.05) is 55.5 Å². The van der Waals surface area contributed by atoms with Crippen LogP contribution in [0.4, 0.5) is 22.9 Å². The van der Waals surface area contributed by atoms with Gasteiger partial charge in [0.2, 0.25) is 5.75 Å². The molecule has 4 heterocycles. The summed E-state index contributed by atoms with van der Waals surface area (Å²) < 4.78 is 19.1. The molecule has 0 amide bonds. The van der Waals surface area contributed by atoms with E-state index in [9.17, 15) is 0 Å². The van der Waals surface area contributed by atoms with E-state index in [2.05, 4.69) is 52.5 Å². The minimum atomic E-state index is -0.381. The Labute approximate surface area is 274 Å². The summed E-state index contributed by atoms with van der Waals surface area (Å²) in [7, 11) is 4.86. The number of fused-ring (bicyclic) bond motifs is 4. The Morgan fingerprint density at radius 2 is 1.60 bits per heavy atom. The SMILES string of the molecule is CCCCc1ccc(NC2=Nc3ccccc3N3C2=Nc2c(c(C)nn2-c2ccccn2)C3c2cc(OC)c(OC)c(OC)c2)cc1. The number of ether oxygens (including phenoxy) is 3. The van der Waals surface area contributed by atoms with Crippen LogP contribution in [0.25, 0.3) is 5.82 Å². The van der Waals surface area contributed by atoms with Crippen molar-refractivity contribution < 1.29 is 14.2 Å². The molecule has 238 valence electrons. The predicted octanol–water partition coefficient (Wildman–Crippen LogP) is 7.74. The second-order valence-electron chi connectivity index (χ2n) is 11.5. The first-order valence-electron chi connectivity index (χ1n) is 15.8. The van der Waals surface area contributed by atoms with Gasteiger partial charge in [-0.15, -0.1) is 0 Å². The molecule has 0 saturated carbocycles. The van der Waals surface area contributed by atoms with Crippen molar-refractivity contribution in [1.29, 1.82) is 0 Å². The molecule has 2 aliphatic rings. The number of nitrogens with zero attached hydrogens (tertiary/aromatic N) is 6.